The molecule has 0 spiro atoms. The molecule has 0 aromatic rings. The van der Waals surface area contributed by atoms with Gasteiger partial charge in [-0.1, -0.05) is 13.3 Å². The summed E-state index contributed by atoms with van der Waals surface area (Å²) in [5.41, 5.74) is 0.119. The molecule has 5 nitrogen and oxygen atoms in total. The van der Waals surface area contributed by atoms with E-state index in [0.717, 1.165) is 44.7 Å². The number of halogens is 1. The number of morpholine rings is 1. The minimum absolute atomic E-state index is 0. The van der Waals surface area contributed by atoms with Crippen molar-refractivity contribution in [1.29, 1.82) is 0 Å². The molecule has 2 rings (SSSR count). The van der Waals surface area contributed by atoms with Gasteiger partial charge in [0.2, 0.25) is 0 Å². The average Bonchev–Trinajstić information content (AvgIpc) is 3.22. The molecular formula is C16H33IN4O. The first kappa shape index (κ1) is 20.0. The van der Waals surface area contributed by atoms with Crippen molar-refractivity contribution in [3.05, 3.63) is 0 Å². The second-order valence-electron chi connectivity index (χ2n) is 6.87. The van der Waals surface area contributed by atoms with Crippen LogP contribution in [0, 0.1) is 5.92 Å². The number of nitrogens with one attached hydrogen (secondary N) is 2. The fourth-order valence-corrected chi connectivity index (χ4v) is 3.06. The lowest BCUT2D eigenvalue weighted by Crippen LogP contribution is -2.56. The Kier molecular flexibility index (Phi) is 8.42. The second-order valence-corrected chi connectivity index (χ2v) is 6.87. The zero-order valence-electron chi connectivity index (χ0n) is 14.5. The van der Waals surface area contributed by atoms with Crippen LogP contribution in [-0.4, -0.2) is 62.3 Å². The maximum Gasteiger partial charge on any atom is 0.191 e. The van der Waals surface area contributed by atoms with Gasteiger partial charge in [0.15, 0.2) is 5.96 Å². The minimum atomic E-state index is 0. The SMILES string of the molecule is CCCC1CC1NC(=NC)NCC(C)(C)N1CCOCC1.I. The predicted octanol–water partition coefficient (Wildman–Crippen LogP) is 2.07. The second kappa shape index (κ2) is 9.27. The maximum absolute atomic E-state index is 5.44. The van der Waals surface area contributed by atoms with Crippen LogP contribution in [0.5, 0.6) is 0 Å². The molecule has 2 atom stereocenters. The number of nitrogens with zero attached hydrogens (tertiary/aromatic N) is 2. The van der Waals surface area contributed by atoms with Crippen molar-refractivity contribution in [2.45, 2.75) is 51.6 Å². The molecule has 1 saturated heterocycles. The minimum Gasteiger partial charge on any atom is -0.379 e. The Labute approximate surface area is 152 Å². The number of rotatable bonds is 6. The average molecular weight is 424 g/mol. The van der Waals surface area contributed by atoms with Gasteiger partial charge in [-0.3, -0.25) is 9.89 Å². The Morgan fingerprint density at radius 2 is 2.00 bits per heavy atom. The molecule has 0 bridgehead atoms. The number of hydrogen-bond donors (Lipinski definition) is 2. The lowest BCUT2D eigenvalue weighted by atomic mass is 10.0. The molecule has 1 heterocycles. The van der Waals surface area contributed by atoms with Crippen molar-refractivity contribution in [2.75, 3.05) is 39.9 Å². The highest BCUT2D eigenvalue weighted by Gasteiger charge is 2.37. The summed E-state index contributed by atoms with van der Waals surface area (Å²) >= 11 is 0. The van der Waals surface area contributed by atoms with Gasteiger partial charge in [-0.05, 0) is 32.6 Å². The van der Waals surface area contributed by atoms with E-state index >= 15 is 0 Å². The summed E-state index contributed by atoms with van der Waals surface area (Å²) in [5.74, 6) is 1.79. The fourth-order valence-electron chi connectivity index (χ4n) is 3.06. The molecule has 2 aliphatic rings. The van der Waals surface area contributed by atoms with Crippen molar-refractivity contribution >= 4 is 29.9 Å². The van der Waals surface area contributed by atoms with Crippen LogP contribution >= 0.6 is 24.0 Å². The number of aliphatic imine (C=N–C) groups is 1. The van der Waals surface area contributed by atoms with Gasteiger partial charge < -0.3 is 15.4 Å². The maximum atomic E-state index is 5.44. The van der Waals surface area contributed by atoms with E-state index in [1.165, 1.54) is 19.3 Å². The van der Waals surface area contributed by atoms with Crippen molar-refractivity contribution in [3.8, 4) is 0 Å². The summed E-state index contributed by atoms with van der Waals surface area (Å²) in [7, 11) is 1.86. The molecule has 0 amide bonds. The Bertz CT molecular complexity index is 356. The van der Waals surface area contributed by atoms with E-state index in [0.29, 0.717) is 6.04 Å². The van der Waals surface area contributed by atoms with Crippen LogP contribution in [0.2, 0.25) is 0 Å². The Balaban J connectivity index is 0.00000242. The van der Waals surface area contributed by atoms with Crippen LogP contribution in [0.25, 0.3) is 0 Å². The zero-order valence-corrected chi connectivity index (χ0v) is 16.9. The Hall–Kier alpha value is -0.0800. The van der Waals surface area contributed by atoms with E-state index in [2.05, 4.69) is 41.3 Å². The van der Waals surface area contributed by atoms with Gasteiger partial charge in [0.1, 0.15) is 0 Å². The van der Waals surface area contributed by atoms with Gasteiger partial charge in [-0.25, -0.2) is 0 Å². The van der Waals surface area contributed by atoms with E-state index in [1.54, 1.807) is 0 Å². The molecule has 22 heavy (non-hydrogen) atoms. The molecule has 1 saturated carbocycles. The van der Waals surface area contributed by atoms with E-state index in [9.17, 15) is 0 Å². The Morgan fingerprint density at radius 1 is 1.32 bits per heavy atom. The largest absolute Gasteiger partial charge is 0.379 e. The molecule has 2 N–H and O–H groups in total. The molecule has 2 unspecified atom stereocenters. The predicted molar refractivity (Wildman–Crippen MR) is 103 cm³/mol. The van der Waals surface area contributed by atoms with Gasteiger partial charge in [-0.2, -0.15) is 0 Å². The molecule has 1 aliphatic heterocycles. The van der Waals surface area contributed by atoms with E-state index in [1.807, 2.05) is 7.05 Å². The first-order valence-electron chi connectivity index (χ1n) is 8.37. The quantitative estimate of drug-likeness (QED) is 0.390. The van der Waals surface area contributed by atoms with Crippen LogP contribution in [0.3, 0.4) is 0 Å². The summed E-state index contributed by atoms with van der Waals surface area (Å²) in [6.07, 6.45) is 3.90. The normalized spacial score (nSPS) is 26.3. The number of guanidine groups is 1. The highest BCUT2D eigenvalue weighted by molar-refractivity contribution is 14.0. The van der Waals surface area contributed by atoms with E-state index in [4.69, 9.17) is 4.74 Å². The summed E-state index contributed by atoms with van der Waals surface area (Å²) in [6, 6.07) is 0.627. The first-order chi connectivity index (χ1) is 10.1. The highest BCUT2D eigenvalue weighted by atomic mass is 127. The molecule has 130 valence electrons. The molecule has 0 radical (unpaired) electrons. The van der Waals surface area contributed by atoms with Crippen molar-refractivity contribution < 1.29 is 4.74 Å². The highest BCUT2D eigenvalue weighted by Crippen LogP contribution is 2.34. The zero-order chi connectivity index (χ0) is 15.3. The first-order valence-corrected chi connectivity index (χ1v) is 8.37. The van der Waals surface area contributed by atoms with Gasteiger partial charge in [0.25, 0.3) is 0 Å². The summed E-state index contributed by atoms with van der Waals surface area (Å²) in [6.45, 7) is 11.5. The molecule has 1 aliphatic carbocycles. The lowest BCUT2D eigenvalue weighted by Gasteiger charge is -2.41. The Morgan fingerprint density at radius 3 is 2.59 bits per heavy atom. The van der Waals surface area contributed by atoms with Crippen molar-refractivity contribution in [2.24, 2.45) is 10.9 Å². The van der Waals surface area contributed by atoms with Crippen LogP contribution in [-0.2, 0) is 4.74 Å². The molecule has 6 heteroatoms. The monoisotopic (exact) mass is 424 g/mol. The van der Waals surface area contributed by atoms with Gasteiger partial charge in [0.05, 0.1) is 13.2 Å². The molecule has 0 aromatic heterocycles. The standard InChI is InChI=1S/C16H32N4O.HI/c1-5-6-13-11-14(13)19-15(17-4)18-12-16(2,3)20-7-9-21-10-8-20;/h13-14H,5-12H2,1-4H3,(H2,17,18,19);1H. The van der Waals surface area contributed by atoms with Crippen molar-refractivity contribution in [3.63, 3.8) is 0 Å². The summed E-state index contributed by atoms with van der Waals surface area (Å²) < 4.78 is 5.44. The van der Waals surface area contributed by atoms with Crippen LogP contribution < -0.4 is 10.6 Å². The number of hydrogen-bond acceptors (Lipinski definition) is 3. The molecule has 0 aromatic carbocycles. The third kappa shape index (κ3) is 5.85. The van der Waals surface area contributed by atoms with Gasteiger partial charge in [-0.15, -0.1) is 24.0 Å². The van der Waals surface area contributed by atoms with Crippen LogP contribution in [0.1, 0.15) is 40.0 Å². The molecular weight excluding hydrogens is 391 g/mol. The van der Waals surface area contributed by atoms with Gasteiger partial charge in [0, 0.05) is 38.3 Å². The van der Waals surface area contributed by atoms with Crippen LogP contribution in [0.15, 0.2) is 4.99 Å². The van der Waals surface area contributed by atoms with Crippen LogP contribution in [0.4, 0.5) is 0 Å². The van der Waals surface area contributed by atoms with E-state index < -0.39 is 0 Å². The lowest BCUT2D eigenvalue weighted by molar-refractivity contribution is -0.00834. The third-order valence-electron chi connectivity index (χ3n) is 4.68. The van der Waals surface area contributed by atoms with Crippen molar-refractivity contribution in [1.82, 2.24) is 15.5 Å². The van der Waals surface area contributed by atoms with Gasteiger partial charge >= 0.3 is 0 Å². The molecule has 2 fully saturated rings. The number of ether oxygens (including phenoxy) is 1. The van der Waals surface area contributed by atoms with E-state index in [-0.39, 0.29) is 29.5 Å². The smallest absolute Gasteiger partial charge is 0.191 e. The third-order valence-corrected chi connectivity index (χ3v) is 4.68. The summed E-state index contributed by atoms with van der Waals surface area (Å²) in [5, 5.41) is 7.04. The summed E-state index contributed by atoms with van der Waals surface area (Å²) in [4.78, 5) is 6.86. The topological polar surface area (TPSA) is 48.9 Å². The fraction of sp³-hybridized carbons (Fsp3) is 0.938.